The number of nitrogens with zero attached hydrogens (tertiary/aromatic N) is 2. The molecular weight excluding hydrogens is 852 g/mol. The Hall–Kier alpha value is -4.47. The van der Waals surface area contributed by atoms with Crippen molar-refractivity contribution >= 4 is 23.4 Å². The van der Waals surface area contributed by atoms with Crippen LogP contribution in [0.5, 0.6) is 17.2 Å². The molecule has 7 rings (SSSR count). The summed E-state index contributed by atoms with van der Waals surface area (Å²) in [4.78, 5) is 22.2. The van der Waals surface area contributed by atoms with Crippen LogP contribution in [0.25, 0.3) is 11.1 Å². The van der Waals surface area contributed by atoms with Gasteiger partial charge in [-0.25, -0.2) is 4.79 Å². The Morgan fingerprint density at radius 2 is 1.68 bits per heavy atom. The molecule has 2 fully saturated rings. The number of ether oxygens (including phenoxy) is 6. The summed E-state index contributed by atoms with van der Waals surface area (Å²) in [7, 11) is 0. The van der Waals surface area contributed by atoms with Gasteiger partial charge in [-0.05, 0) is 97.4 Å². The Bertz CT molecular complexity index is 2030. The molecule has 1 saturated carbocycles. The zero-order valence-corrected chi connectivity index (χ0v) is 38.0. The van der Waals surface area contributed by atoms with E-state index in [0.29, 0.717) is 48.8 Å². The van der Waals surface area contributed by atoms with Crippen LogP contribution in [0.3, 0.4) is 0 Å². The topological polar surface area (TPSA) is 158 Å². The molecule has 1 amide bonds. The van der Waals surface area contributed by atoms with Gasteiger partial charge in [-0.3, -0.25) is 4.90 Å². The zero-order valence-electron chi connectivity index (χ0n) is 37.3. The lowest BCUT2D eigenvalue weighted by Crippen LogP contribution is -2.70. The number of allylic oxidation sites excluding steroid dienone is 1. The van der Waals surface area contributed by atoms with Crippen molar-refractivity contribution in [2.24, 2.45) is 22.9 Å². The first-order chi connectivity index (χ1) is 31.9. The van der Waals surface area contributed by atoms with Gasteiger partial charge in [0.15, 0.2) is 0 Å². The van der Waals surface area contributed by atoms with Crippen LogP contribution in [-0.4, -0.2) is 115 Å². The normalized spacial score (nSPS) is 25.1. The quantitative estimate of drug-likeness (QED) is 0.0341. The van der Waals surface area contributed by atoms with E-state index in [9.17, 15) is 20.1 Å². The number of rotatable bonds is 24. The van der Waals surface area contributed by atoms with Gasteiger partial charge < -0.3 is 48.6 Å². The first-order valence-electron chi connectivity index (χ1n) is 23.3. The average Bonchev–Trinajstić information content (AvgIpc) is 3.34. The number of hydrogen-bond donors (Lipinski definition) is 3. The molecule has 0 radical (unpaired) electrons. The number of benzene rings is 3. The van der Waals surface area contributed by atoms with E-state index in [-0.39, 0.29) is 82.8 Å². The number of halogens is 1. The third-order valence-electron chi connectivity index (χ3n) is 12.9. The molecule has 2 aliphatic carbocycles. The van der Waals surface area contributed by atoms with Crippen LogP contribution in [-0.2, 0) is 23.8 Å². The third-order valence-corrected chi connectivity index (χ3v) is 13.0. The lowest BCUT2D eigenvalue weighted by atomic mass is 9.55. The van der Waals surface area contributed by atoms with Gasteiger partial charge in [0.2, 0.25) is 12.1 Å². The maximum atomic E-state index is 14.4. The minimum Gasteiger partial charge on any atom is -0.459 e. The smallest absolute Gasteiger partial charge is 0.410 e. The summed E-state index contributed by atoms with van der Waals surface area (Å²) in [5, 5.41) is 34.4. The van der Waals surface area contributed by atoms with Gasteiger partial charge in [-0.1, -0.05) is 72.6 Å². The van der Waals surface area contributed by atoms with Crippen LogP contribution in [0, 0.1) is 17.8 Å². The largest absolute Gasteiger partial charge is 0.459 e. The standard InChI is InChI=1S/C51H65ClN2O11/c1-2-28-62-51-46(54(24-31-59-32-27-57)50(58)61-30-23-52)35-44(53-65-47-16-8-11-29-60-47)42-33-38(14-6-9-25-55)41(15-7-10-26-56)48(49(42)51)43-34-40(21-22-45(43)64-51)63-39-19-17-37(18-20-39)36-12-4-3-5-13-36/h2-5,12-13,17-22,33-34,38,41,46-49,55-57H,1,6-11,14-16,23-32,35H2. The molecule has 65 heavy (non-hydrogen) atoms. The zero-order chi connectivity index (χ0) is 45.4. The lowest BCUT2D eigenvalue weighted by molar-refractivity contribution is -0.256. The number of hydrogen-bond acceptors (Lipinski definition) is 12. The third kappa shape index (κ3) is 11.7. The Labute approximate surface area is 387 Å². The van der Waals surface area contributed by atoms with Crippen molar-refractivity contribution in [3.63, 3.8) is 0 Å². The molecule has 3 aromatic carbocycles. The lowest BCUT2D eigenvalue weighted by Gasteiger charge is -2.59. The summed E-state index contributed by atoms with van der Waals surface area (Å²) in [6, 6.07) is 23.3. The Balaban J connectivity index is 1.39. The molecule has 0 bridgehead atoms. The summed E-state index contributed by atoms with van der Waals surface area (Å²) in [5.41, 5.74) is 4.66. The molecular formula is C51H65ClN2O11. The molecule has 3 aromatic rings. The van der Waals surface area contributed by atoms with Crippen molar-refractivity contribution in [2.75, 3.05) is 65.3 Å². The molecule has 14 heteroatoms. The molecule has 352 valence electrons. The van der Waals surface area contributed by atoms with E-state index in [1.807, 2.05) is 54.6 Å². The van der Waals surface area contributed by atoms with Crippen LogP contribution in [0.1, 0.15) is 75.7 Å². The maximum Gasteiger partial charge on any atom is 0.410 e. The molecule has 3 N–H and O–H groups in total. The second kappa shape index (κ2) is 24.3. The van der Waals surface area contributed by atoms with E-state index in [1.165, 1.54) is 0 Å². The SMILES string of the molecule is C=CCOC12Oc3ccc(Oc4ccc(-c5ccccc5)cc4)cc3C3C(CCCCO)C(CCCCO)C=C(C(=NOC4CCCCO4)CC1N(CCOCCO)C(=O)OCCCl)C32. The number of fused-ring (bicyclic) bond motifs is 2. The highest BCUT2D eigenvalue weighted by Crippen LogP contribution is 2.62. The van der Waals surface area contributed by atoms with E-state index < -0.39 is 30.1 Å². The minimum absolute atomic E-state index is 0.0101. The highest BCUT2D eigenvalue weighted by atomic mass is 35.5. The number of aliphatic hydroxyl groups excluding tert-OH is 3. The predicted molar refractivity (Wildman–Crippen MR) is 248 cm³/mol. The molecule has 2 aliphatic heterocycles. The van der Waals surface area contributed by atoms with E-state index >= 15 is 0 Å². The minimum atomic E-state index is -1.50. The molecule has 13 nitrogen and oxygen atoms in total. The Morgan fingerprint density at radius 3 is 2.40 bits per heavy atom. The van der Waals surface area contributed by atoms with Crippen LogP contribution < -0.4 is 9.47 Å². The molecule has 2 heterocycles. The first kappa shape index (κ1) is 48.5. The highest BCUT2D eigenvalue weighted by Gasteiger charge is 2.65. The monoisotopic (exact) mass is 916 g/mol. The maximum absolute atomic E-state index is 14.4. The van der Waals surface area contributed by atoms with Crippen LogP contribution in [0.2, 0.25) is 0 Å². The van der Waals surface area contributed by atoms with E-state index in [4.69, 9.17) is 50.0 Å². The van der Waals surface area contributed by atoms with Gasteiger partial charge in [-0.2, -0.15) is 0 Å². The second-order valence-electron chi connectivity index (χ2n) is 17.0. The van der Waals surface area contributed by atoms with Gasteiger partial charge >= 0.3 is 6.09 Å². The van der Waals surface area contributed by atoms with Crippen LogP contribution in [0.4, 0.5) is 4.79 Å². The fourth-order valence-corrected chi connectivity index (χ4v) is 10.1. The molecule has 7 atom stereocenters. The molecule has 1 saturated heterocycles. The van der Waals surface area contributed by atoms with Crippen LogP contribution in [0.15, 0.2) is 102 Å². The van der Waals surface area contributed by atoms with Crippen molar-refractivity contribution in [3.8, 4) is 28.4 Å². The fraction of sp³-hybridized carbons (Fsp3) is 0.529. The number of carbonyl (C=O) groups is 1. The number of alkyl halides is 1. The Morgan fingerprint density at radius 1 is 0.908 bits per heavy atom. The van der Waals surface area contributed by atoms with Crippen molar-refractivity contribution in [1.82, 2.24) is 4.90 Å². The number of oxime groups is 1. The summed E-state index contributed by atoms with van der Waals surface area (Å²) >= 11 is 6.07. The summed E-state index contributed by atoms with van der Waals surface area (Å²) < 4.78 is 38.5. The first-order valence-corrected chi connectivity index (χ1v) is 23.8. The average molecular weight is 918 g/mol. The Kier molecular flexibility index (Phi) is 18.1. The van der Waals surface area contributed by atoms with Gasteiger partial charge in [0.1, 0.15) is 29.9 Å². The molecule has 7 unspecified atom stereocenters. The number of unbranched alkanes of at least 4 members (excludes halogenated alkanes) is 2. The van der Waals surface area contributed by atoms with Crippen molar-refractivity contribution < 1.29 is 53.4 Å². The number of amides is 1. The summed E-state index contributed by atoms with van der Waals surface area (Å²) in [6.07, 6.45) is 10.1. The van der Waals surface area contributed by atoms with E-state index in [0.717, 1.165) is 60.8 Å². The van der Waals surface area contributed by atoms with E-state index in [1.54, 1.807) is 11.0 Å². The molecule has 0 aromatic heterocycles. The van der Waals surface area contributed by atoms with Gasteiger partial charge in [-0.15, -0.1) is 18.2 Å². The fourth-order valence-electron chi connectivity index (χ4n) is 10.0. The van der Waals surface area contributed by atoms with Gasteiger partial charge in [0.25, 0.3) is 0 Å². The van der Waals surface area contributed by atoms with Crippen molar-refractivity contribution in [2.45, 2.75) is 88.2 Å². The number of aliphatic hydroxyl groups is 3. The van der Waals surface area contributed by atoms with E-state index in [2.05, 4.69) is 30.9 Å². The second-order valence-corrected chi connectivity index (χ2v) is 17.4. The summed E-state index contributed by atoms with van der Waals surface area (Å²) in [5.74, 6) is -0.263. The van der Waals surface area contributed by atoms with Gasteiger partial charge in [0, 0.05) is 44.1 Å². The van der Waals surface area contributed by atoms with Gasteiger partial charge in [0.05, 0.1) is 50.5 Å². The summed E-state index contributed by atoms with van der Waals surface area (Å²) in [6.45, 7) is 4.93. The highest BCUT2D eigenvalue weighted by molar-refractivity contribution is 6.18. The van der Waals surface area contributed by atoms with Crippen molar-refractivity contribution in [1.29, 1.82) is 0 Å². The van der Waals surface area contributed by atoms with Crippen LogP contribution >= 0.6 is 11.6 Å². The number of carbonyl (C=O) groups excluding carboxylic acids is 1. The predicted octanol–water partition coefficient (Wildman–Crippen LogP) is 8.99. The molecule has 4 aliphatic rings. The molecule has 0 spiro atoms. The van der Waals surface area contributed by atoms with Crippen molar-refractivity contribution in [3.05, 3.63) is 103 Å².